The van der Waals surface area contributed by atoms with E-state index in [2.05, 4.69) is 5.32 Å². The summed E-state index contributed by atoms with van der Waals surface area (Å²) in [4.78, 5) is 13.3. The smallest absolute Gasteiger partial charge is 0.275 e. The number of carbonyl (C=O) groups is 1. The Labute approximate surface area is 135 Å². The summed E-state index contributed by atoms with van der Waals surface area (Å²) in [7, 11) is 0. The second-order valence-corrected chi connectivity index (χ2v) is 6.45. The number of amides is 1. The second kappa shape index (κ2) is 7.45. The fourth-order valence-electron chi connectivity index (χ4n) is 2.68. The molecule has 1 aromatic carbocycles. The van der Waals surface area contributed by atoms with E-state index < -0.39 is 0 Å². The van der Waals surface area contributed by atoms with E-state index in [4.69, 9.17) is 27.9 Å². The molecule has 4 nitrogen and oxygen atoms in total. The van der Waals surface area contributed by atoms with Gasteiger partial charge in [-0.05, 0) is 31.5 Å². The molecular formula is C15H21Cl2N2O2+. The molecule has 1 unspecified atom stereocenters. The Kier molecular flexibility index (Phi) is 5.88. The first-order chi connectivity index (χ1) is 9.94. The number of halogens is 2. The largest absolute Gasteiger partial charge is 0.364 e. The Balaban J connectivity index is 1.82. The van der Waals surface area contributed by atoms with Crippen LogP contribution in [0.5, 0.6) is 0 Å². The maximum atomic E-state index is 12.0. The Morgan fingerprint density at radius 3 is 2.62 bits per heavy atom. The van der Waals surface area contributed by atoms with Crippen molar-refractivity contribution in [3.05, 3.63) is 33.8 Å². The number of quaternary nitrogens is 1. The first-order valence-electron chi connectivity index (χ1n) is 7.13. The highest BCUT2D eigenvalue weighted by Gasteiger charge is 2.27. The molecule has 21 heavy (non-hydrogen) atoms. The second-order valence-electron chi connectivity index (χ2n) is 5.60. The van der Waals surface area contributed by atoms with E-state index in [-0.39, 0.29) is 18.1 Å². The summed E-state index contributed by atoms with van der Waals surface area (Å²) >= 11 is 11.9. The average Bonchev–Trinajstić information content (AvgIpc) is 2.36. The number of hydrogen-bond acceptors (Lipinski definition) is 2. The van der Waals surface area contributed by atoms with Gasteiger partial charge in [0.1, 0.15) is 25.3 Å². The Morgan fingerprint density at radius 1 is 1.33 bits per heavy atom. The molecule has 0 bridgehead atoms. The van der Waals surface area contributed by atoms with Crippen molar-refractivity contribution < 1.29 is 14.4 Å². The van der Waals surface area contributed by atoms with Crippen LogP contribution in [0, 0.1) is 0 Å². The highest BCUT2D eigenvalue weighted by atomic mass is 35.5. The molecule has 2 rings (SSSR count). The van der Waals surface area contributed by atoms with Crippen molar-refractivity contribution in [3.8, 4) is 0 Å². The molecule has 116 valence electrons. The van der Waals surface area contributed by atoms with Crippen LogP contribution in [0.4, 0.5) is 0 Å². The van der Waals surface area contributed by atoms with Crippen molar-refractivity contribution in [2.75, 3.05) is 19.6 Å². The third-order valence-electron chi connectivity index (χ3n) is 3.52. The van der Waals surface area contributed by atoms with Crippen LogP contribution in [0.2, 0.25) is 10.0 Å². The van der Waals surface area contributed by atoms with E-state index in [0.717, 1.165) is 18.7 Å². The van der Waals surface area contributed by atoms with Crippen LogP contribution in [0.3, 0.4) is 0 Å². The van der Waals surface area contributed by atoms with Crippen LogP contribution in [-0.4, -0.2) is 37.7 Å². The highest BCUT2D eigenvalue weighted by molar-refractivity contribution is 6.35. The molecule has 1 heterocycles. The number of benzene rings is 1. The lowest BCUT2D eigenvalue weighted by Gasteiger charge is -2.31. The monoisotopic (exact) mass is 331 g/mol. The molecular weight excluding hydrogens is 311 g/mol. The van der Waals surface area contributed by atoms with Crippen molar-refractivity contribution >= 4 is 29.1 Å². The number of nitrogens with one attached hydrogen (secondary N) is 2. The summed E-state index contributed by atoms with van der Waals surface area (Å²) < 4.78 is 5.67. The van der Waals surface area contributed by atoms with Crippen LogP contribution in [-0.2, 0) is 16.1 Å². The summed E-state index contributed by atoms with van der Waals surface area (Å²) in [5.41, 5.74) is 0.869. The van der Waals surface area contributed by atoms with Crippen LogP contribution in [0.1, 0.15) is 19.4 Å². The molecule has 0 aliphatic carbocycles. The van der Waals surface area contributed by atoms with Gasteiger partial charge in [0.2, 0.25) is 0 Å². The van der Waals surface area contributed by atoms with Gasteiger partial charge >= 0.3 is 0 Å². The minimum atomic E-state index is 0.0253. The minimum Gasteiger partial charge on any atom is -0.364 e. The van der Waals surface area contributed by atoms with Gasteiger partial charge in [-0.1, -0.05) is 29.3 Å². The van der Waals surface area contributed by atoms with E-state index in [1.165, 1.54) is 4.90 Å². The molecule has 1 saturated heterocycles. The Bertz CT molecular complexity index is 500. The van der Waals surface area contributed by atoms with E-state index in [0.29, 0.717) is 23.1 Å². The van der Waals surface area contributed by atoms with Gasteiger partial charge in [0, 0.05) is 16.6 Å². The van der Waals surface area contributed by atoms with Crippen LogP contribution in [0.25, 0.3) is 0 Å². The van der Waals surface area contributed by atoms with Gasteiger partial charge in [0.25, 0.3) is 5.91 Å². The quantitative estimate of drug-likeness (QED) is 0.873. The normalized spacial score (nSPS) is 25.6. The Morgan fingerprint density at radius 2 is 2.00 bits per heavy atom. The summed E-state index contributed by atoms with van der Waals surface area (Å²) in [6.45, 7) is 6.69. The summed E-state index contributed by atoms with van der Waals surface area (Å²) in [6.07, 6.45) is 0.393. The van der Waals surface area contributed by atoms with E-state index in [1.807, 2.05) is 19.9 Å². The third-order valence-corrected chi connectivity index (χ3v) is 4.11. The predicted octanol–water partition coefficient (Wildman–Crippen LogP) is 1.30. The fourth-order valence-corrected chi connectivity index (χ4v) is 3.16. The van der Waals surface area contributed by atoms with Crippen molar-refractivity contribution in [1.29, 1.82) is 0 Å². The standard InChI is InChI=1S/C15H20Cl2N2O2/c1-10-7-19(8-11(2)21-10)9-15(20)18-6-12-3-4-13(16)5-14(12)17/h3-5,10-11H,6-9H2,1-2H3,(H,18,20)/p+1/t10-,11+. The molecule has 6 heteroatoms. The van der Waals surface area contributed by atoms with E-state index in [9.17, 15) is 4.79 Å². The average molecular weight is 332 g/mol. The van der Waals surface area contributed by atoms with Crippen LogP contribution >= 0.6 is 23.2 Å². The lowest BCUT2D eigenvalue weighted by Crippen LogP contribution is -3.16. The third kappa shape index (κ3) is 5.15. The number of hydrogen-bond donors (Lipinski definition) is 2. The number of carbonyl (C=O) groups excluding carboxylic acids is 1. The zero-order valence-corrected chi connectivity index (χ0v) is 13.8. The topological polar surface area (TPSA) is 42.8 Å². The summed E-state index contributed by atoms with van der Waals surface area (Å²) in [5, 5.41) is 4.07. The van der Waals surface area contributed by atoms with Gasteiger partial charge in [-0.3, -0.25) is 4.79 Å². The van der Waals surface area contributed by atoms with Crippen LogP contribution in [0.15, 0.2) is 18.2 Å². The molecule has 0 radical (unpaired) electrons. The molecule has 1 amide bonds. The zero-order chi connectivity index (χ0) is 15.4. The van der Waals surface area contributed by atoms with Crippen molar-refractivity contribution in [2.24, 2.45) is 0 Å². The lowest BCUT2D eigenvalue weighted by molar-refractivity contribution is -0.907. The van der Waals surface area contributed by atoms with Crippen molar-refractivity contribution in [3.63, 3.8) is 0 Å². The molecule has 1 aliphatic rings. The fraction of sp³-hybridized carbons (Fsp3) is 0.533. The maximum Gasteiger partial charge on any atom is 0.275 e. The molecule has 0 aromatic heterocycles. The molecule has 2 N–H and O–H groups in total. The van der Waals surface area contributed by atoms with Gasteiger partial charge in [-0.15, -0.1) is 0 Å². The van der Waals surface area contributed by atoms with Gasteiger partial charge in [0.15, 0.2) is 6.54 Å². The number of rotatable bonds is 4. The molecule has 0 saturated carbocycles. The molecule has 1 fully saturated rings. The van der Waals surface area contributed by atoms with Crippen molar-refractivity contribution in [1.82, 2.24) is 5.32 Å². The minimum absolute atomic E-state index is 0.0253. The lowest BCUT2D eigenvalue weighted by atomic mass is 10.2. The van der Waals surface area contributed by atoms with Gasteiger partial charge in [0.05, 0.1) is 0 Å². The SMILES string of the molecule is C[C@@H]1C[NH+](CC(=O)NCc2ccc(Cl)cc2Cl)C[C@H](C)O1. The molecule has 1 aromatic rings. The Hall–Kier alpha value is -0.810. The van der Waals surface area contributed by atoms with Gasteiger partial charge < -0.3 is 15.0 Å². The van der Waals surface area contributed by atoms with Crippen molar-refractivity contribution in [2.45, 2.75) is 32.6 Å². The maximum absolute atomic E-state index is 12.0. The van der Waals surface area contributed by atoms with Gasteiger partial charge in [-0.2, -0.15) is 0 Å². The van der Waals surface area contributed by atoms with E-state index >= 15 is 0 Å². The first-order valence-corrected chi connectivity index (χ1v) is 7.89. The van der Waals surface area contributed by atoms with Crippen LogP contribution < -0.4 is 10.2 Å². The van der Waals surface area contributed by atoms with E-state index in [1.54, 1.807) is 12.1 Å². The highest BCUT2D eigenvalue weighted by Crippen LogP contribution is 2.20. The first kappa shape index (κ1) is 16.6. The summed E-state index contributed by atoms with van der Waals surface area (Å²) in [6, 6.07) is 5.28. The molecule has 0 spiro atoms. The zero-order valence-electron chi connectivity index (χ0n) is 12.3. The van der Waals surface area contributed by atoms with Gasteiger partial charge in [-0.25, -0.2) is 0 Å². The molecule has 1 aliphatic heterocycles. The molecule has 3 atom stereocenters. The number of morpholine rings is 1. The number of ether oxygens (including phenoxy) is 1. The summed E-state index contributed by atoms with van der Waals surface area (Å²) in [5.74, 6) is 0.0253. The predicted molar refractivity (Wildman–Crippen MR) is 83.9 cm³/mol.